The minimum Gasteiger partial charge on any atom is -0.282 e. The van der Waals surface area contributed by atoms with Crippen molar-refractivity contribution in [2.75, 3.05) is 12.0 Å². The first-order valence-electron chi connectivity index (χ1n) is 8.08. The monoisotopic (exact) mass is 369 g/mol. The first-order chi connectivity index (χ1) is 13.0. The Kier molecular flexibility index (Phi) is 5.06. The highest BCUT2D eigenvalue weighted by Crippen LogP contribution is 2.22. The van der Waals surface area contributed by atoms with E-state index < -0.39 is 4.92 Å². The van der Waals surface area contributed by atoms with Gasteiger partial charge in [0.25, 0.3) is 17.5 Å². The Balaban J connectivity index is 1.44. The van der Waals surface area contributed by atoms with Crippen LogP contribution in [0.25, 0.3) is 0 Å². The predicted octanol–water partition coefficient (Wildman–Crippen LogP) is 1.51. The molecule has 0 radical (unpaired) electrons. The molecule has 3 amide bonds. The molecular formula is C17H15N5O5. The van der Waals surface area contributed by atoms with Gasteiger partial charge in [0.1, 0.15) is 12.0 Å². The summed E-state index contributed by atoms with van der Waals surface area (Å²) in [7, 11) is 0. The number of hydrogen-bond acceptors (Lipinski definition) is 7. The van der Waals surface area contributed by atoms with E-state index in [1.165, 1.54) is 12.1 Å². The van der Waals surface area contributed by atoms with Crippen LogP contribution in [0.5, 0.6) is 0 Å². The fourth-order valence-electron chi connectivity index (χ4n) is 2.60. The van der Waals surface area contributed by atoms with Crippen molar-refractivity contribution >= 4 is 29.2 Å². The summed E-state index contributed by atoms with van der Waals surface area (Å²) in [6.07, 6.45) is 1.44. The van der Waals surface area contributed by atoms with Crippen LogP contribution in [0, 0.1) is 10.1 Å². The smallest absolute Gasteiger partial charge is 0.282 e. The van der Waals surface area contributed by atoms with Crippen molar-refractivity contribution in [2.45, 2.75) is 12.8 Å². The van der Waals surface area contributed by atoms with Crippen LogP contribution in [-0.4, -0.2) is 39.1 Å². The molecule has 0 fully saturated rings. The maximum absolute atomic E-state index is 12.2. The van der Waals surface area contributed by atoms with Crippen molar-refractivity contribution < 1.29 is 19.3 Å². The molecule has 0 saturated carbocycles. The second-order valence-electron chi connectivity index (χ2n) is 5.74. The molecule has 1 aliphatic rings. The number of nitro groups is 1. The van der Waals surface area contributed by atoms with Gasteiger partial charge in [0, 0.05) is 19.0 Å². The van der Waals surface area contributed by atoms with Gasteiger partial charge in [-0.1, -0.05) is 12.1 Å². The summed E-state index contributed by atoms with van der Waals surface area (Å²) in [5, 5.41) is 10.5. The van der Waals surface area contributed by atoms with Gasteiger partial charge in [-0.3, -0.25) is 40.2 Å². The minimum atomic E-state index is -0.575. The van der Waals surface area contributed by atoms with Crippen LogP contribution in [0.1, 0.15) is 33.6 Å². The third-order valence-electron chi connectivity index (χ3n) is 3.95. The number of hydrogen-bond donors (Lipinski definition) is 2. The molecule has 0 saturated heterocycles. The third-order valence-corrected chi connectivity index (χ3v) is 3.95. The molecule has 0 unspecified atom stereocenters. The predicted molar refractivity (Wildman–Crippen MR) is 93.7 cm³/mol. The van der Waals surface area contributed by atoms with Crippen molar-refractivity contribution in [3.05, 3.63) is 63.8 Å². The third kappa shape index (κ3) is 3.89. The Labute approximate surface area is 153 Å². The number of rotatable bonds is 7. The highest BCUT2D eigenvalue weighted by Gasteiger charge is 2.34. The van der Waals surface area contributed by atoms with Crippen LogP contribution in [0.15, 0.2) is 42.6 Å². The van der Waals surface area contributed by atoms with Gasteiger partial charge in [0.05, 0.1) is 16.1 Å². The van der Waals surface area contributed by atoms with Gasteiger partial charge >= 0.3 is 0 Å². The average Bonchev–Trinajstić information content (AvgIpc) is 2.92. The SMILES string of the molecule is O=C(CCCN1C(=O)c2ccccc2C1=O)NNc1ccc([N+](=O)[O-])cn1. The first-order valence-corrected chi connectivity index (χ1v) is 8.08. The number of nitrogens with zero attached hydrogens (tertiary/aromatic N) is 3. The number of nitrogens with one attached hydrogen (secondary N) is 2. The maximum Gasteiger partial charge on any atom is 0.287 e. The highest BCUT2D eigenvalue weighted by molar-refractivity contribution is 6.21. The maximum atomic E-state index is 12.2. The van der Waals surface area contributed by atoms with E-state index in [2.05, 4.69) is 15.8 Å². The number of anilines is 1. The van der Waals surface area contributed by atoms with Crippen LogP contribution < -0.4 is 10.9 Å². The Morgan fingerprint density at radius 1 is 1.11 bits per heavy atom. The number of benzene rings is 1. The molecule has 27 heavy (non-hydrogen) atoms. The van der Waals surface area contributed by atoms with Crippen LogP contribution in [0.3, 0.4) is 0 Å². The Morgan fingerprint density at radius 3 is 2.33 bits per heavy atom. The zero-order chi connectivity index (χ0) is 19.4. The molecule has 1 aliphatic heterocycles. The van der Waals surface area contributed by atoms with E-state index in [4.69, 9.17) is 0 Å². The van der Waals surface area contributed by atoms with Crippen molar-refractivity contribution in [3.8, 4) is 0 Å². The van der Waals surface area contributed by atoms with Crippen LogP contribution >= 0.6 is 0 Å². The molecule has 10 heteroatoms. The zero-order valence-corrected chi connectivity index (χ0v) is 14.0. The van der Waals surface area contributed by atoms with Gasteiger partial charge in [-0.15, -0.1) is 0 Å². The van der Waals surface area contributed by atoms with E-state index in [0.29, 0.717) is 17.5 Å². The van der Waals surface area contributed by atoms with E-state index in [9.17, 15) is 24.5 Å². The summed E-state index contributed by atoms with van der Waals surface area (Å²) < 4.78 is 0. The number of carbonyl (C=O) groups is 3. The van der Waals surface area contributed by atoms with E-state index in [1.54, 1.807) is 24.3 Å². The summed E-state index contributed by atoms with van der Waals surface area (Å²) in [6, 6.07) is 9.20. The second kappa shape index (κ2) is 7.60. The standard InChI is InChI=1S/C17H15N5O5/c23-15(20-19-14-8-7-11(10-18-14)22(26)27)6-3-9-21-16(24)12-4-1-2-5-13(12)17(21)25/h1-2,4-5,7-8,10H,3,6,9H2,(H,18,19)(H,20,23). The summed E-state index contributed by atoms with van der Waals surface area (Å²) >= 11 is 0. The van der Waals surface area contributed by atoms with Gasteiger partial charge in [-0.25, -0.2) is 4.98 Å². The number of pyridine rings is 1. The molecule has 1 aromatic heterocycles. The van der Waals surface area contributed by atoms with E-state index >= 15 is 0 Å². The highest BCUT2D eigenvalue weighted by atomic mass is 16.6. The van der Waals surface area contributed by atoms with Gasteiger partial charge in [0.2, 0.25) is 5.91 Å². The largest absolute Gasteiger partial charge is 0.287 e. The summed E-state index contributed by atoms with van der Waals surface area (Å²) in [6.45, 7) is 0.134. The van der Waals surface area contributed by atoms with E-state index in [1.807, 2.05) is 0 Å². The zero-order valence-electron chi connectivity index (χ0n) is 14.0. The Bertz CT molecular complexity index is 877. The van der Waals surface area contributed by atoms with Gasteiger partial charge < -0.3 is 0 Å². The van der Waals surface area contributed by atoms with Crippen molar-refractivity contribution in [3.63, 3.8) is 0 Å². The Hall–Kier alpha value is -3.82. The van der Waals surface area contributed by atoms with Crippen molar-refractivity contribution in [1.29, 1.82) is 0 Å². The Morgan fingerprint density at radius 2 is 1.78 bits per heavy atom. The van der Waals surface area contributed by atoms with E-state index in [-0.39, 0.29) is 42.2 Å². The molecule has 2 heterocycles. The summed E-state index contributed by atoms with van der Waals surface area (Å²) in [4.78, 5) is 51.2. The fraction of sp³-hybridized carbons (Fsp3) is 0.176. The minimum absolute atomic E-state index is 0.0768. The lowest BCUT2D eigenvalue weighted by Crippen LogP contribution is -2.33. The van der Waals surface area contributed by atoms with Crippen LogP contribution in [0.4, 0.5) is 11.5 Å². The molecule has 1 aromatic carbocycles. The number of carbonyl (C=O) groups excluding carboxylic acids is 3. The summed E-state index contributed by atoms with van der Waals surface area (Å²) in [5.41, 5.74) is 5.53. The van der Waals surface area contributed by atoms with Gasteiger partial charge in [-0.05, 0) is 24.6 Å². The molecule has 0 atom stereocenters. The molecule has 2 N–H and O–H groups in total. The number of fused-ring (bicyclic) bond motifs is 1. The molecule has 2 aromatic rings. The summed E-state index contributed by atoms with van der Waals surface area (Å²) in [5.74, 6) is -0.838. The van der Waals surface area contributed by atoms with Gasteiger partial charge in [-0.2, -0.15) is 0 Å². The molecule has 0 aliphatic carbocycles. The van der Waals surface area contributed by atoms with Crippen molar-refractivity contribution in [2.24, 2.45) is 0 Å². The average molecular weight is 369 g/mol. The molecule has 0 bridgehead atoms. The lowest BCUT2D eigenvalue weighted by molar-refractivity contribution is -0.385. The molecular weight excluding hydrogens is 354 g/mol. The lowest BCUT2D eigenvalue weighted by Gasteiger charge is -2.13. The number of imide groups is 1. The number of aromatic nitrogens is 1. The number of amides is 3. The normalized spacial score (nSPS) is 12.7. The first kappa shape index (κ1) is 18.0. The van der Waals surface area contributed by atoms with Gasteiger partial charge in [0.15, 0.2) is 0 Å². The van der Waals surface area contributed by atoms with Crippen LogP contribution in [0.2, 0.25) is 0 Å². The quantitative estimate of drug-likeness (QED) is 0.429. The van der Waals surface area contributed by atoms with Crippen LogP contribution in [-0.2, 0) is 4.79 Å². The fourth-order valence-corrected chi connectivity index (χ4v) is 2.60. The molecule has 10 nitrogen and oxygen atoms in total. The molecule has 3 rings (SSSR count). The van der Waals surface area contributed by atoms with Crippen molar-refractivity contribution in [1.82, 2.24) is 15.3 Å². The lowest BCUT2D eigenvalue weighted by atomic mass is 10.1. The molecule has 138 valence electrons. The van der Waals surface area contributed by atoms with E-state index in [0.717, 1.165) is 11.1 Å². The number of hydrazine groups is 1. The topological polar surface area (TPSA) is 135 Å². The second-order valence-corrected chi connectivity index (χ2v) is 5.74. The molecule has 0 spiro atoms.